The number of likely N-dealkylation sites (N-methyl/N-ethyl adjacent to an activating group) is 1. The Morgan fingerprint density at radius 2 is 1.94 bits per heavy atom. The van der Waals surface area contributed by atoms with Crippen molar-refractivity contribution in [2.24, 2.45) is 0 Å². The molecule has 168 valence electrons. The van der Waals surface area contributed by atoms with Crippen LogP contribution in [0.2, 0.25) is 0 Å². The van der Waals surface area contributed by atoms with Crippen LogP contribution in [-0.4, -0.2) is 61.8 Å². The maximum absolute atomic E-state index is 14.1. The van der Waals surface area contributed by atoms with Crippen molar-refractivity contribution >= 4 is 11.6 Å². The van der Waals surface area contributed by atoms with Gasteiger partial charge in [0.2, 0.25) is 0 Å². The molecule has 31 heavy (non-hydrogen) atoms. The monoisotopic (exact) mass is 430 g/mol. The van der Waals surface area contributed by atoms with Crippen LogP contribution in [-0.2, 0) is 11.3 Å². The first-order valence-corrected chi connectivity index (χ1v) is 10.7. The third kappa shape index (κ3) is 5.71. The topological polar surface area (TPSA) is 66.8 Å². The fourth-order valence-corrected chi connectivity index (χ4v) is 3.85. The van der Waals surface area contributed by atoms with Gasteiger partial charge in [0.25, 0.3) is 11.5 Å². The quantitative estimate of drug-likeness (QED) is 0.696. The van der Waals surface area contributed by atoms with Gasteiger partial charge in [-0.2, -0.15) is 0 Å². The van der Waals surface area contributed by atoms with Crippen LogP contribution in [0.1, 0.15) is 35.8 Å². The molecule has 1 N–H and O–H groups in total. The number of methoxy groups -OCH3 is 1. The summed E-state index contributed by atoms with van der Waals surface area (Å²) in [6, 6.07) is 7.22. The highest BCUT2D eigenvalue weighted by Gasteiger charge is 2.22. The minimum atomic E-state index is -0.401. The van der Waals surface area contributed by atoms with Gasteiger partial charge in [-0.05, 0) is 37.7 Å². The minimum Gasteiger partial charge on any atom is -0.383 e. The SMILES string of the molecule is CCN1CCN(c2ccc(F)cc2C(C)NC(=O)c2ccc(=O)n(CCOC)c2)CC1. The van der Waals surface area contributed by atoms with Crippen LogP contribution < -0.4 is 15.8 Å². The third-order valence-corrected chi connectivity index (χ3v) is 5.75. The van der Waals surface area contributed by atoms with E-state index >= 15 is 0 Å². The molecule has 0 spiro atoms. The van der Waals surface area contributed by atoms with Crippen LogP contribution in [0, 0.1) is 5.82 Å². The number of carbonyl (C=O) groups is 1. The van der Waals surface area contributed by atoms with Crippen molar-refractivity contribution < 1.29 is 13.9 Å². The molecule has 1 saturated heterocycles. The number of hydrogen-bond donors (Lipinski definition) is 1. The van der Waals surface area contributed by atoms with E-state index in [1.807, 2.05) is 6.92 Å². The van der Waals surface area contributed by atoms with Crippen LogP contribution in [0.4, 0.5) is 10.1 Å². The van der Waals surface area contributed by atoms with E-state index in [2.05, 4.69) is 22.0 Å². The lowest BCUT2D eigenvalue weighted by atomic mass is 10.0. The minimum absolute atomic E-state index is 0.194. The highest BCUT2D eigenvalue weighted by atomic mass is 19.1. The zero-order valence-electron chi connectivity index (χ0n) is 18.4. The Morgan fingerprint density at radius 3 is 2.61 bits per heavy atom. The Hall–Kier alpha value is -2.71. The number of nitrogens with one attached hydrogen (secondary N) is 1. The van der Waals surface area contributed by atoms with E-state index in [9.17, 15) is 14.0 Å². The number of ether oxygens (including phenoxy) is 1. The van der Waals surface area contributed by atoms with E-state index in [1.165, 1.54) is 35.0 Å². The van der Waals surface area contributed by atoms with Crippen molar-refractivity contribution in [2.75, 3.05) is 51.3 Å². The molecule has 1 aromatic carbocycles. The van der Waals surface area contributed by atoms with E-state index < -0.39 is 6.04 Å². The van der Waals surface area contributed by atoms with Crippen molar-refractivity contribution in [3.63, 3.8) is 0 Å². The summed E-state index contributed by atoms with van der Waals surface area (Å²) >= 11 is 0. The normalized spacial score (nSPS) is 15.7. The molecular formula is C23H31FN4O3. The highest BCUT2D eigenvalue weighted by Crippen LogP contribution is 2.28. The summed E-state index contributed by atoms with van der Waals surface area (Å²) < 4.78 is 20.5. The van der Waals surface area contributed by atoms with E-state index in [1.54, 1.807) is 13.2 Å². The predicted molar refractivity (Wildman–Crippen MR) is 119 cm³/mol. The molecule has 0 aliphatic carbocycles. The van der Waals surface area contributed by atoms with Crippen LogP contribution in [0.5, 0.6) is 0 Å². The van der Waals surface area contributed by atoms with Gasteiger partial charge in [0.1, 0.15) is 5.82 Å². The summed E-state index contributed by atoms with van der Waals surface area (Å²) in [5.74, 6) is -0.648. The number of nitrogens with zero attached hydrogens (tertiary/aromatic N) is 3. The molecule has 1 amide bonds. The van der Waals surface area contributed by atoms with Crippen molar-refractivity contribution in [1.82, 2.24) is 14.8 Å². The molecule has 3 rings (SSSR count). The molecule has 7 nitrogen and oxygen atoms in total. The molecular weight excluding hydrogens is 399 g/mol. The maximum Gasteiger partial charge on any atom is 0.253 e. The van der Waals surface area contributed by atoms with Gasteiger partial charge in [0.05, 0.1) is 18.2 Å². The standard InChI is InChI=1S/C23H31FN4O3/c1-4-26-9-11-27(12-10-26)21-7-6-19(24)15-20(21)17(2)25-23(30)18-5-8-22(29)28(16-18)13-14-31-3/h5-8,15-17H,4,9-14H2,1-3H3,(H,25,30). The number of pyridine rings is 1. The number of rotatable bonds is 8. The highest BCUT2D eigenvalue weighted by molar-refractivity contribution is 5.94. The first-order valence-electron chi connectivity index (χ1n) is 10.7. The lowest BCUT2D eigenvalue weighted by molar-refractivity contribution is 0.0938. The number of carbonyl (C=O) groups excluding carboxylic acids is 1. The zero-order valence-corrected chi connectivity index (χ0v) is 18.4. The number of piperazine rings is 1. The van der Waals surface area contributed by atoms with Crippen molar-refractivity contribution in [2.45, 2.75) is 26.4 Å². The van der Waals surface area contributed by atoms with E-state index in [0.717, 1.165) is 44.0 Å². The lowest BCUT2D eigenvalue weighted by Gasteiger charge is -2.37. The number of anilines is 1. The Kier molecular flexibility index (Phi) is 7.81. The smallest absolute Gasteiger partial charge is 0.253 e. The Bertz CT molecular complexity index is 954. The molecule has 2 aromatic rings. The van der Waals surface area contributed by atoms with Gasteiger partial charge in [0, 0.05) is 63.3 Å². The Morgan fingerprint density at radius 1 is 1.19 bits per heavy atom. The molecule has 1 aliphatic heterocycles. The van der Waals surface area contributed by atoms with Crippen LogP contribution >= 0.6 is 0 Å². The largest absolute Gasteiger partial charge is 0.383 e. The summed E-state index contributed by atoms with van der Waals surface area (Å²) in [6.07, 6.45) is 1.53. The van der Waals surface area contributed by atoms with Crippen LogP contribution in [0.15, 0.2) is 41.3 Å². The predicted octanol–water partition coefficient (Wildman–Crippen LogP) is 2.27. The van der Waals surface area contributed by atoms with Gasteiger partial charge in [-0.25, -0.2) is 4.39 Å². The van der Waals surface area contributed by atoms with Gasteiger partial charge < -0.3 is 24.4 Å². The van der Waals surface area contributed by atoms with Crippen LogP contribution in [0.25, 0.3) is 0 Å². The van der Waals surface area contributed by atoms with E-state index in [-0.39, 0.29) is 17.3 Å². The number of aromatic nitrogens is 1. The number of halogens is 1. The van der Waals surface area contributed by atoms with Crippen molar-refractivity contribution in [1.29, 1.82) is 0 Å². The maximum atomic E-state index is 14.1. The van der Waals surface area contributed by atoms with Gasteiger partial charge in [-0.15, -0.1) is 0 Å². The number of benzene rings is 1. The van der Waals surface area contributed by atoms with Crippen molar-refractivity contribution in [3.05, 3.63) is 63.8 Å². The average molecular weight is 431 g/mol. The number of hydrogen-bond acceptors (Lipinski definition) is 5. The molecule has 1 unspecified atom stereocenters. The molecule has 1 atom stereocenters. The summed E-state index contributed by atoms with van der Waals surface area (Å²) in [6.45, 7) is 9.38. The first kappa shape index (κ1) is 23.0. The molecule has 2 heterocycles. The zero-order chi connectivity index (χ0) is 22.4. The van der Waals surface area contributed by atoms with E-state index in [4.69, 9.17) is 4.74 Å². The number of amides is 1. The second kappa shape index (κ2) is 10.5. The first-order chi connectivity index (χ1) is 14.9. The van der Waals surface area contributed by atoms with Crippen molar-refractivity contribution in [3.8, 4) is 0 Å². The second-order valence-corrected chi connectivity index (χ2v) is 7.76. The average Bonchev–Trinajstić information content (AvgIpc) is 2.78. The molecule has 8 heteroatoms. The summed E-state index contributed by atoms with van der Waals surface area (Å²) in [5.41, 5.74) is 1.86. The Balaban J connectivity index is 1.77. The van der Waals surface area contributed by atoms with Gasteiger partial charge in [-0.1, -0.05) is 6.92 Å². The second-order valence-electron chi connectivity index (χ2n) is 7.76. The third-order valence-electron chi connectivity index (χ3n) is 5.75. The fourth-order valence-electron chi connectivity index (χ4n) is 3.85. The van der Waals surface area contributed by atoms with E-state index in [0.29, 0.717) is 18.7 Å². The van der Waals surface area contributed by atoms with Gasteiger partial charge in [0.15, 0.2) is 0 Å². The molecule has 1 fully saturated rings. The molecule has 0 saturated carbocycles. The van der Waals surface area contributed by atoms with Gasteiger partial charge >= 0.3 is 0 Å². The summed E-state index contributed by atoms with van der Waals surface area (Å²) in [4.78, 5) is 29.4. The lowest BCUT2D eigenvalue weighted by Crippen LogP contribution is -2.46. The molecule has 1 aliphatic rings. The van der Waals surface area contributed by atoms with Gasteiger partial charge in [-0.3, -0.25) is 9.59 Å². The van der Waals surface area contributed by atoms with Crippen LogP contribution in [0.3, 0.4) is 0 Å². The molecule has 0 bridgehead atoms. The summed E-state index contributed by atoms with van der Waals surface area (Å²) in [7, 11) is 1.56. The molecule has 0 radical (unpaired) electrons. The molecule has 1 aromatic heterocycles. The summed E-state index contributed by atoms with van der Waals surface area (Å²) in [5, 5.41) is 2.95. The fraction of sp³-hybridized carbons (Fsp3) is 0.478. The Labute approximate surface area is 182 Å².